The van der Waals surface area contributed by atoms with E-state index in [1.54, 1.807) is 0 Å². The first-order valence-corrected chi connectivity index (χ1v) is 10.6. The van der Waals surface area contributed by atoms with Crippen LogP contribution in [0.15, 0.2) is 47.4 Å². The summed E-state index contributed by atoms with van der Waals surface area (Å²) in [4.78, 5) is 27.6. The van der Waals surface area contributed by atoms with Crippen molar-refractivity contribution in [3.63, 3.8) is 0 Å². The van der Waals surface area contributed by atoms with Gasteiger partial charge in [-0.05, 0) is 35.7 Å². The molecule has 0 radical (unpaired) electrons. The molecule has 0 saturated heterocycles. The van der Waals surface area contributed by atoms with Crippen molar-refractivity contribution in [1.82, 2.24) is 9.55 Å². The first-order valence-electron chi connectivity index (χ1n) is 9.78. The van der Waals surface area contributed by atoms with Gasteiger partial charge in [-0.15, -0.1) is 0 Å². The lowest BCUT2D eigenvalue weighted by molar-refractivity contribution is 0.0459. The minimum Gasteiger partial charge on any atom is -0.494 e. The number of benzene rings is 1. The molecule has 0 atom stereocenters. The van der Waals surface area contributed by atoms with Crippen molar-refractivity contribution in [2.45, 2.75) is 32.9 Å². The Morgan fingerprint density at radius 3 is 2.55 bits per heavy atom. The Bertz CT molecular complexity index is 1060. The number of carbonyl (C=O) groups excluding carboxylic acids is 1. The fourth-order valence-electron chi connectivity index (χ4n) is 2.82. The molecule has 0 unspecified atom stereocenters. The molecule has 0 saturated carbocycles. The van der Waals surface area contributed by atoms with Crippen LogP contribution in [0.4, 0.5) is 4.79 Å². The fourth-order valence-corrected chi connectivity index (χ4v) is 3.72. The third-order valence-corrected chi connectivity index (χ3v) is 5.59. The molecule has 0 aliphatic heterocycles. The van der Waals surface area contributed by atoms with Crippen LogP contribution in [0.25, 0.3) is 0 Å². The zero-order chi connectivity index (χ0) is 22.2. The third-order valence-electron chi connectivity index (χ3n) is 4.62. The molecule has 0 aliphatic rings. The predicted molar refractivity (Wildman–Crippen MR) is 116 cm³/mol. The van der Waals surface area contributed by atoms with Crippen LogP contribution < -0.4 is 9.61 Å². The molecule has 3 rings (SSSR count). The molecule has 2 heterocycles. The van der Waals surface area contributed by atoms with Crippen molar-refractivity contribution < 1.29 is 24.1 Å². The van der Waals surface area contributed by atoms with E-state index in [1.807, 2.05) is 36.5 Å². The Morgan fingerprint density at radius 1 is 1.16 bits per heavy atom. The standard InChI is InChI=1S/C22H24N2O6S/c1-3-15-4-7-17(23-13-15)10-11-29-18-8-5-16(6-9-18)12-19-20(25)24(21(26)31-19)14-30-22(27)28-2/h4-9,13,25H,3,10-12,14H2,1-2H3. The average Bonchev–Trinajstić information content (AvgIpc) is 3.06. The molecule has 1 aromatic carbocycles. The van der Waals surface area contributed by atoms with Gasteiger partial charge in [0.05, 0.1) is 18.6 Å². The molecule has 31 heavy (non-hydrogen) atoms. The van der Waals surface area contributed by atoms with Crippen molar-refractivity contribution >= 4 is 17.5 Å². The van der Waals surface area contributed by atoms with Crippen molar-refractivity contribution in [3.05, 3.63) is 74.0 Å². The Hall–Kier alpha value is -3.33. The molecule has 8 nitrogen and oxygen atoms in total. The summed E-state index contributed by atoms with van der Waals surface area (Å²) in [6.45, 7) is 2.21. The number of carbonyl (C=O) groups is 1. The molecule has 3 aromatic rings. The van der Waals surface area contributed by atoms with Crippen LogP contribution in [0.2, 0.25) is 0 Å². The van der Waals surface area contributed by atoms with Crippen molar-refractivity contribution in [2.24, 2.45) is 0 Å². The van der Waals surface area contributed by atoms with Gasteiger partial charge in [-0.25, -0.2) is 9.36 Å². The summed E-state index contributed by atoms with van der Waals surface area (Å²) in [6.07, 6.45) is 3.02. The second-order valence-electron chi connectivity index (χ2n) is 6.70. The number of hydrogen-bond donors (Lipinski definition) is 1. The molecule has 0 amide bonds. The van der Waals surface area contributed by atoms with E-state index in [4.69, 9.17) is 9.47 Å². The van der Waals surface area contributed by atoms with E-state index in [1.165, 1.54) is 5.56 Å². The quantitative estimate of drug-likeness (QED) is 0.504. The number of aromatic hydroxyl groups is 1. The maximum atomic E-state index is 12.0. The highest BCUT2D eigenvalue weighted by molar-refractivity contribution is 7.09. The topological polar surface area (TPSA) is 99.9 Å². The summed E-state index contributed by atoms with van der Waals surface area (Å²) in [5.74, 6) is 0.510. The number of nitrogens with zero attached hydrogens (tertiary/aromatic N) is 2. The first-order chi connectivity index (χ1) is 15.0. The zero-order valence-electron chi connectivity index (χ0n) is 17.4. The molecule has 1 N–H and O–H groups in total. The minimum absolute atomic E-state index is 0.221. The van der Waals surface area contributed by atoms with Gasteiger partial charge in [-0.3, -0.25) is 9.78 Å². The van der Waals surface area contributed by atoms with E-state index >= 15 is 0 Å². The highest BCUT2D eigenvalue weighted by Gasteiger charge is 2.16. The summed E-state index contributed by atoms with van der Waals surface area (Å²) in [6, 6.07) is 11.5. The van der Waals surface area contributed by atoms with Crippen molar-refractivity contribution in [3.8, 4) is 11.6 Å². The fraction of sp³-hybridized carbons (Fsp3) is 0.318. The normalized spacial score (nSPS) is 10.6. The average molecular weight is 445 g/mol. The summed E-state index contributed by atoms with van der Waals surface area (Å²) >= 11 is 0.900. The lowest BCUT2D eigenvalue weighted by atomic mass is 10.1. The minimum atomic E-state index is -0.927. The molecule has 0 aliphatic carbocycles. The van der Waals surface area contributed by atoms with E-state index in [0.717, 1.165) is 46.4 Å². The van der Waals surface area contributed by atoms with Gasteiger partial charge in [0.2, 0.25) is 5.88 Å². The molecular formula is C22H24N2O6S. The van der Waals surface area contributed by atoms with Gasteiger partial charge in [-0.2, -0.15) is 0 Å². The van der Waals surface area contributed by atoms with Crippen LogP contribution >= 0.6 is 11.3 Å². The zero-order valence-corrected chi connectivity index (χ0v) is 18.2. The number of pyridine rings is 1. The Labute approximate surface area is 183 Å². The van der Waals surface area contributed by atoms with Crippen LogP contribution in [0.5, 0.6) is 11.6 Å². The summed E-state index contributed by atoms with van der Waals surface area (Å²) < 4.78 is 15.8. The van der Waals surface area contributed by atoms with Gasteiger partial charge in [0.25, 0.3) is 0 Å². The van der Waals surface area contributed by atoms with Gasteiger partial charge in [0, 0.05) is 24.7 Å². The van der Waals surface area contributed by atoms with Gasteiger partial charge >= 0.3 is 11.0 Å². The van der Waals surface area contributed by atoms with Gasteiger partial charge in [0.15, 0.2) is 6.73 Å². The monoisotopic (exact) mass is 444 g/mol. The lowest BCUT2D eigenvalue weighted by Gasteiger charge is -2.08. The number of aromatic nitrogens is 2. The van der Waals surface area contributed by atoms with E-state index in [-0.39, 0.29) is 5.88 Å². The first kappa shape index (κ1) is 22.4. The van der Waals surface area contributed by atoms with Gasteiger partial charge in [-0.1, -0.05) is 36.5 Å². The molecule has 9 heteroatoms. The van der Waals surface area contributed by atoms with E-state index < -0.39 is 17.8 Å². The van der Waals surface area contributed by atoms with Crippen LogP contribution in [0.1, 0.15) is 28.6 Å². The van der Waals surface area contributed by atoms with Crippen molar-refractivity contribution in [1.29, 1.82) is 0 Å². The Kier molecular flexibility index (Phi) is 7.66. The highest BCUT2D eigenvalue weighted by Crippen LogP contribution is 2.24. The van der Waals surface area contributed by atoms with Crippen LogP contribution in [-0.2, 0) is 35.5 Å². The number of thiazole rings is 1. The van der Waals surface area contributed by atoms with E-state index in [2.05, 4.69) is 22.7 Å². The summed E-state index contributed by atoms with van der Waals surface area (Å²) in [5.41, 5.74) is 3.10. The maximum absolute atomic E-state index is 12.0. The molecule has 164 valence electrons. The molecule has 0 bridgehead atoms. The molecule has 0 spiro atoms. The van der Waals surface area contributed by atoms with Crippen LogP contribution in [0, 0.1) is 0 Å². The molecule has 2 aromatic heterocycles. The number of methoxy groups -OCH3 is 1. The number of hydrogen-bond acceptors (Lipinski definition) is 8. The van der Waals surface area contributed by atoms with Crippen LogP contribution in [-0.4, -0.2) is 34.5 Å². The lowest BCUT2D eigenvalue weighted by Crippen LogP contribution is -2.17. The summed E-state index contributed by atoms with van der Waals surface area (Å²) in [5, 5.41) is 10.3. The smallest absolute Gasteiger partial charge is 0.494 e. The maximum Gasteiger partial charge on any atom is 0.509 e. The summed E-state index contributed by atoms with van der Waals surface area (Å²) in [7, 11) is 1.16. The Morgan fingerprint density at radius 2 is 1.90 bits per heavy atom. The van der Waals surface area contributed by atoms with E-state index in [9.17, 15) is 14.7 Å². The van der Waals surface area contributed by atoms with Crippen LogP contribution in [0.3, 0.4) is 0 Å². The number of ether oxygens (including phenoxy) is 3. The van der Waals surface area contributed by atoms with Gasteiger partial charge in [0.1, 0.15) is 5.75 Å². The number of aryl methyl sites for hydroxylation is 1. The number of rotatable bonds is 9. The third kappa shape index (κ3) is 6.08. The second-order valence-corrected chi connectivity index (χ2v) is 7.75. The SMILES string of the molecule is CCc1ccc(CCOc2ccc(Cc3sc(=O)n(COC(=O)OC)c3O)cc2)nc1. The highest BCUT2D eigenvalue weighted by atomic mass is 32.1. The van der Waals surface area contributed by atoms with Crippen molar-refractivity contribution in [2.75, 3.05) is 13.7 Å². The largest absolute Gasteiger partial charge is 0.509 e. The van der Waals surface area contributed by atoms with E-state index in [0.29, 0.717) is 24.3 Å². The molecular weight excluding hydrogens is 420 g/mol. The van der Waals surface area contributed by atoms with Gasteiger partial charge < -0.3 is 19.3 Å². The Balaban J connectivity index is 1.54. The second kappa shape index (κ2) is 10.6. The predicted octanol–water partition coefficient (Wildman–Crippen LogP) is 3.53. The molecule has 0 fully saturated rings.